The van der Waals surface area contributed by atoms with Crippen molar-refractivity contribution in [3.63, 3.8) is 0 Å². The molecular weight excluding hydrogens is 468 g/mol. The number of thiocarbonyl (C=S) groups is 1. The average molecular weight is 503 g/mol. The predicted molar refractivity (Wildman–Crippen MR) is 142 cm³/mol. The van der Waals surface area contributed by atoms with Gasteiger partial charge < -0.3 is 20.3 Å². The first-order valence-corrected chi connectivity index (χ1v) is 12.9. The Bertz CT molecular complexity index is 997. The summed E-state index contributed by atoms with van der Waals surface area (Å²) in [6, 6.07) is 10.8. The molecule has 2 aromatic rings. The highest BCUT2D eigenvalue weighted by atomic mass is 32.1. The number of hydrogen-bond donors (Lipinski definition) is 2. The molecule has 1 saturated heterocycles. The Morgan fingerprint density at radius 3 is 2.41 bits per heavy atom. The van der Waals surface area contributed by atoms with Crippen LogP contribution in [0.25, 0.3) is 0 Å². The van der Waals surface area contributed by atoms with E-state index >= 15 is 0 Å². The van der Waals surface area contributed by atoms with Crippen molar-refractivity contribution in [2.24, 2.45) is 0 Å². The van der Waals surface area contributed by atoms with Crippen LogP contribution in [0.15, 0.2) is 30.3 Å². The van der Waals surface area contributed by atoms with Crippen LogP contribution in [0.3, 0.4) is 0 Å². The maximum absolute atomic E-state index is 13.0. The van der Waals surface area contributed by atoms with Crippen molar-refractivity contribution in [3.8, 4) is 0 Å². The lowest BCUT2D eigenvalue weighted by atomic mass is 10.0. The van der Waals surface area contributed by atoms with E-state index < -0.39 is 5.97 Å². The summed E-state index contributed by atoms with van der Waals surface area (Å²) in [4.78, 5) is 30.2. The van der Waals surface area contributed by atoms with E-state index in [1.807, 2.05) is 19.9 Å². The van der Waals surface area contributed by atoms with Crippen LogP contribution in [0.5, 0.6) is 0 Å². The number of anilines is 1. The molecule has 2 heterocycles. The third-order valence-electron chi connectivity index (χ3n) is 6.18. The lowest BCUT2D eigenvalue weighted by Crippen LogP contribution is -2.45. The number of hydrogen-bond acceptors (Lipinski definition) is 6. The Morgan fingerprint density at radius 2 is 1.82 bits per heavy atom. The van der Waals surface area contributed by atoms with Crippen LogP contribution in [-0.4, -0.2) is 66.1 Å². The zero-order valence-electron chi connectivity index (χ0n) is 20.3. The van der Waals surface area contributed by atoms with Gasteiger partial charge in [0.05, 0.1) is 17.6 Å². The standard InChI is InChI=1S/C25H34N4O3S2/c1-5-29(6-2)23(30)21-17(3)20(24(31)32-4)22(34-21)27-25(33)26-19-12-14-28(15-13-19)16-18-10-8-7-9-11-18/h7-11,19H,5-6,12-16H2,1-4H3,(H2,26,27,33). The van der Waals surface area contributed by atoms with Gasteiger partial charge in [0.1, 0.15) is 5.00 Å². The summed E-state index contributed by atoms with van der Waals surface area (Å²) >= 11 is 6.82. The normalized spacial score (nSPS) is 14.5. The first-order chi connectivity index (χ1) is 16.4. The molecule has 1 aromatic heterocycles. The average Bonchev–Trinajstić information content (AvgIpc) is 3.16. The summed E-state index contributed by atoms with van der Waals surface area (Å²) in [5, 5.41) is 7.55. The number of rotatable bonds is 8. The van der Waals surface area contributed by atoms with Gasteiger partial charge >= 0.3 is 5.97 Å². The van der Waals surface area contributed by atoms with Gasteiger partial charge in [0, 0.05) is 38.8 Å². The van der Waals surface area contributed by atoms with Crippen molar-refractivity contribution >= 4 is 45.5 Å². The molecule has 0 radical (unpaired) electrons. The molecule has 1 fully saturated rings. The molecular formula is C25H34N4O3S2. The van der Waals surface area contributed by atoms with Gasteiger partial charge in [-0.2, -0.15) is 0 Å². The molecule has 0 bridgehead atoms. The van der Waals surface area contributed by atoms with Crippen molar-refractivity contribution in [1.82, 2.24) is 15.1 Å². The molecule has 7 nitrogen and oxygen atoms in total. The Balaban J connectivity index is 1.63. The number of esters is 1. The van der Waals surface area contributed by atoms with Gasteiger partial charge in [0.2, 0.25) is 0 Å². The van der Waals surface area contributed by atoms with Crippen molar-refractivity contribution in [3.05, 3.63) is 51.9 Å². The van der Waals surface area contributed by atoms with E-state index in [1.54, 1.807) is 11.8 Å². The van der Waals surface area contributed by atoms with E-state index in [1.165, 1.54) is 24.0 Å². The van der Waals surface area contributed by atoms with Crippen LogP contribution in [-0.2, 0) is 11.3 Å². The summed E-state index contributed by atoms with van der Waals surface area (Å²) < 4.78 is 4.99. The number of likely N-dealkylation sites (tertiary alicyclic amines) is 1. The van der Waals surface area contributed by atoms with Crippen LogP contribution < -0.4 is 10.6 Å². The monoisotopic (exact) mass is 502 g/mol. The Kier molecular flexibility index (Phi) is 9.44. The molecule has 1 amide bonds. The molecule has 0 unspecified atom stereocenters. The molecule has 0 spiro atoms. The topological polar surface area (TPSA) is 73.9 Å². The number of piperidine rings is 1. The maximum Gasteiger partial charge on any atom is 0.341 e. The summed E-state index contributed by atoms with van der Waals surface area (Å²) in [6.45, 7) is 9.80. The predicted octanol–water partition coefficient (Wildman–Crippen LogP) is 4.28. The summed E-state index contributed by atoms with van der Waals surface area (Å²) in [7, 11) is 1.34. The fraction of sp³-hybridized carbons (Fsp3) is 0.480. The highest BCUT2D eigenvalue weighted by molar-refractivity contribution is 7.80. The first kappa shape index (κ1) is 26.1. The van der Waals surface area contributed by atoms with E-state index in [4.69, 9.17) is 17.0 Å². The Hall–Kier alpha value is -2.49. The summed E-state index contributed by atoms with van der Waals surface area (Å²) in [5.74, 6) is -0.567. The Morgan fingerprint density at radius 1 is 1.18 bits per heavy atom. The molecule has 0 saturated carbocycles. The van der Waals surface area contributed by atoms with Gasteiger partial charge in [-0.05, 0) is 57.0 Å². The second-order valence-electron chi connectivity index (χ2n) is 8.36. The largest absolute Gasteiger partial charge is 0.465 e. The van der Waals surface area contributed by atoms with E-state index in [2.05, 4.69) is 39.8 Å². The van der Waals surface area contributed by atoms with Crippen LogP contribution in [0.2, 0.25) is 0 Å². The fourth-order valence-corrected chi connectivity index (χ4v) is 5.71. The molecule has 3 rings (SSSR count). The lowest BCUT2D eigenvalue weighted by Gasteiger charge is -2.33. The third-order valence-corrected chi connectivity index (χ3v) is 7.60. The van der Waals surface area contributed by atoms with Gasteiger partial charge in [-0.3, -0.25) is 9.69 Å². The molecule has 0 aliphatic carbocycles. The van der Waals surface area contributed by atoms with Crippen LogP contribution in [0, 0.1) is 6.92 Å². The van der Waals surface area contributed by atoms with Crippen LogP contribution in [0.1, 0.15) is 57.8 Å². The smallest absolute Gasteiger partial charge is 0.341 e. The number of methoxy groups -OCH3 is 1. The number of ether oxygens (including phenoxy) is 1. The van der Waals surface area contributed by atoms with E-state index in [0.29, 0.717) is 39.2 Å². The van der Waals surface area contributed by atoms with Gasteiger partial charge in [-0.25, -0.2) is 4.79 Å². The Labute approximate surface area is 211 Å². The number of carbonyl (C=O) groups excluding carboxylic acids is 2. The van der Waals surface area contributed by atoms with Gasteiger partial charge in [0.25, 0.3) is 5.91 Å². The van der Waals surface area contributed by atoms with Crippen molar-refractivity contribution in [2.45, 2.75) is 46.2 Å². The van der Waals surface area contributed by atoms with Gasteiger partial charge in [-0.1, -0.05) is 30.3 Å². The SMILES string of the molecule is CCN(CC)C(=O)c1sc(NC(=S)NC2CCN(Cc3ccccc3)CC2)c(C(=O)OC)c1C. The molecule has 1 aromatic carbocycles. The molecule has 0 atom stereocenters. The van der Waals surface area contributed by atoms with Crippen molar-refractivity contribution in [1.29, 1.82) is 0 Å². The van der Waals surface area contributed by atoms with Crippen molar-refractivity contribution in [2.75, 3.05) is 38.6 Å². The zero-order valence-corrected chi connectivity index (χ0v) is 22.0. The number of nitrogens with zero attached hydrogens (tertiary/aromatic N) is 2. The minimum atomic E-state index is -0.480. The molecule has 34 heavy (non-hydrogen) atoms. The summed E-state index contributed by atoms with van der Waals surface area (Å²) in [6.07, 6.45) is 1.96. The highest BCUT2D eigenvalue weighted by Crippen LogP contribution is 2.34. The molecule has 9 heteroatoms. The molecule has 1 aliphatic rings. The van der Waals surface area contributed by atoms with Crippen molar-refractivity contribution < 1.29 is 14.3 Å². The third kappa shape index (κ3) is 6.34. The fourth-order valence-electron chi connectivity index (χ4n) is 4.21. The second-order valence-corrected chi connectivity index (χ2v) is 9.79. The van der Waals surface area contributed by atoms with Gasteiger partial charge in [0.15, 0.2) is 5.11 Å². The molecule has 184 valence electrons. The number of benzene rings is 1. The zero-order chi connectivity index (χ0) is 24.7. The van der Waals surface area contributed by atoms with E-state index in [0.717, 1.165) is 32.5 Å². The highest BCUT2D eigenvalue weighted by Gasteiger charge is 2.28. The van der Waals surface area contributed by atoms with Crippen LogP contribution in [0.4, 0.5) is 5.00 Å². The second kappa shape index (κ2) is 12.3. The maximum atomic E-state index is 13.0. The van der Waals surface area contributed by atoms with Crippen LogP contribution >= 0.6 is 23.6 Å². The van der Waals surface area contributed by atoms with E-state index in [9.17, 15) is 9.59 Å². The molecule has 2 N–H and O–H groups in total. The number of thiophene rings is 1. The first-order valence-electron chi connectivity index (χ1n) is 11.7. The minimum Gasteiger partial charge on any atom is -0.465 e. The number of nitrogens with one attached hydrogen (secondary N) is 2. The molecule has 1 aliphatic heterocycles. The van der Waals surface area contributed by atoms with E-state index in [-0.39, 0.29) is 11.9 Å². The number of amides is 1. The summed E-state index contributed by atoms with van der Waals surface area (Å²) in [5.41, 5.74) is 2.31. The van der Waals surface area contributed by atoms with Gasteiger partial charge in [-0.15, -0.1) is 11.3 Å². The minimum absolute atomic E-state index is 0.0876. The number of carbonyl (C=O) groups is 2. The quantitative estimate of drug-likeness (QED) is 0.412. The lowest BCUT2D eigenvalue weighted by molar-refractivity contribution is 0.0601.